The van der Waals surface area contributed by atoms with E-state index in [1.807, 2.05) is 12.1 Å². The Balaban J connectivity index is 3.14. The predicted octanol–water partition coefficient (Wildman–Crippen LogP) is 2.29. The third kappa shape index (κ3) is 2.00. The van der Waals surface area contributed by atoms with Crippen molar-refractivity contribution < 1.29 is 0 Å². The highest BCUT2D eigenvalue weighted by Crippen LogP contribution is 2.18. The largest absolute Gasteiger partial charge is 0.318 e. The summed E-state index contributed by atoms with van der Waals surface area (Å²) in [6.45, 7) is 4.25. The summed E-state index contributed by atoms with van der Waals surface area (Å²) in [7, 11) is 1.80. The SMILES string of the molecule is CCC(CC)c1cccn(C)c1=O. The number of nitrogens with zero attached hydrogens (tertiary/aromatic N) is 1. The Morgan fingerprint density at radius 3 is 2.54 bits per heavy atom. The maximum atomic E-state index is 11.7. The second-order valence-electron chi connectivity index (χ2n) is 3.39. The molecule has 72 valence electrons. The Morgan fingerprint density at radius 1 is 1.38 bits per heavy atom. The van der Waals surface area contributed by atoms with Crippen LogP contribution < -0.4 is 5.56 Å². The molecule has 13 heavy (non-hydrogen) atoms. The molecular formula is C11H17NO. The third-order valence-electron chi connectivity index (χ3n) is 2.58. The summed E-state index contributed by atoms with van der Waals surface area (Å²) in [6, 6.07) is 3.88. The van der Waals surface area contributed by atoms with E-state index >= 15 is 0 Å². The van der Waals surface area contributed by atoms with Crippen molar-refractivity contribution in [1.29, 1.82) is 0 Å². The first-order valence-corrected chi connectivity index (χ1v) is 4.86. The molecule has 0 bridgehead atoms. The van der Waals surface area contributed by atoms with Gasteiger partial charge in [-0.2, -0.15) is 0 Å². The van der Waals surface area contributed by atoms with Crippen molar-refractivity contribution in [1.82, 2.24) is 4.57 Å². The van der Waals surface area contributed by atoms with Crippen LogP contribution in [0.5, 0.6) is 0 Å². The molecule has 2 nitrogen and oxygen atoms in total. The lowest BCUT2D eigenvalue weighted by Crippen LogP contribution is -2.21. The first-order valence-electron chi connectivity index (χ1n) is 4.86. The van der Waals surface area contributed by atoms with Crippen LogP contribution in [0.4, 0.5) is 0 Å². The van der Waals surface area contributed by atoms with Gasteiger partial charge in [0.25, 0.3) is 5.56 Å². The van der Waals surface area contributed by atoms with Crippen LogP contribution in [0.25, 0.3) is 0 Å². The van der Waals surface area contributed by atoms with Crippen LogP contribution in [0.3, 0.4) is 0 Å². The van der Waals surface area contributed by atoms with Gasteiger partial charge in [-0.1, -0.05) is 19.9 Å². The molecule has 1 rings (SSSR count). The van der Waals surface area contributed by atoms with Gasteiger partial charge in [-0.05, 0) is 24.8 Å². The average Bonchev–Trinajstić information content (AvgIpc) is 2.14. The Kier molecular flexibility index (Phi) is 3.29. The molecule has 0 N–H and O–H groups in total. The van der Waals surface area contributed by atoms with E-state index in [2.05, 4.69) is 13.8 Å². The van der Waals surface area contributed by atoms with E-state index < -0.39 is 0 Å². The van der Waals surface area contributed by atoms with Gasteiger partial charge in [0, 0.05) is 18.8 Å². The van der Waals surface area contributed by atoms with Crippen molar-refractivity contribution in [2.45, 2.75) is 32.6 Å². The highest BCUT2D eigenvalue weighted by molar-refractivity contribution is 5.15. The summed E-state index contributed by atoms with van der Waals surface area (Å²) < 4.78 is 1.65. The van der Waals surface area contributed by atoms with E-state index in [-0.39, 0.29) is 5.56 Å². The molecular weight excluding hydrogens is 162 g/mol. The Bertz CT molecular complexity index is 323. The van der Waals surface area contributed by atoms with E-state index in [4.69, 9.17) is 0 Å². The van der Waals surface area contributed by atoms with Gasteiger partial charge in [0.15, 0.2) is 0 Å². The van der Waals surface area contributed by atoms with Crippen LogP contribution in [0, 0.1) is 0 Å². The van der Waals surface area contributed by atoms with Crippen molar-refractivity contribution in [2.75, 3.05) is 0 Å². The molecule has 0 saturated heterocycles. The lowest BCUT2D eigenvalue weighted by molar-refractivity contribution is 0.625. The van der Waals surface area contributed by atoms with E-state index in [0.717, 1.165) is 18.4 Å². The fraction of sp³-hybridized carbons (Fsp3) is 0.545. The molecule has 0 radical (unpaired) electrons. The monoisotopic (exact) mass is 179 g/mol. The van der Waals surface area contributed by atoms with Gasteiger partial charge in [-0.25, -0.2) is 0 Å². The molecule has 1 aromatic rings. The summed E-state index contributed by atoms with van der Waals surface area (Å²) >= 11 is 0. The molecule has 1 aromatic heterocycles. The summed E-state index contributed by atoms with van der Waals surface area (Å²) in [5.74, 6) is 0.417. The maximum Gasteiger partial charge on any atom is 0.253 e. The average molecular weight is 179 g/mol. The minimum atomic E-state index is 0.149. The topological polar surface area (TPSA) is 22.0 Å². The fourth-order valence-corrected chi connectivity index (χ4v) is 1.66. The van der Waals surface area contributed by atoms with Crippen molar-refractivity contribution in [3.05, 3.63) is 34.2 Å². The Hall–Kier alpha value is -1.05. The number of aromatic nitrogens is 1. The highest BCUT2D eigenvalue weighted by atomic mass is 16.1. The minimum absolute atomic E-state index is 0.149. The van der Waals surface area contributed by atoms with Crippen LogP contribution in [-0.2, 0) is 7.05 Å². The lowest BCUT2D eigenvalue weighted by Gasteiger charge is -2.12. The first-order chi connectivity index (χ1) is 6.20. The van der Waals surface area contributed by atoms with E-state index in [0.29, 0.717) is 5.92 Å². The molecule has 0 fully saturated rings. The summed E-state index contributed by atoms with van der Waals surface area (Å²) in [5.41, 5.74) is 1.10. The van der Waals surface area contributed by atoms with E-state index in [1.165, 1.54) is 0 Å². The van der Waals surface area contributed by atoms with Gasteiger partial charge in [-0.3, -0.25) is 4.79 Å². The molecule has 0 spiro atoms. The third-order valence-corrected chi connectivity index (χ3v) is 2.58. The van der Waals surface area contributed by atoms with Crippen LogP contribution in [-0.4, -0.2) is 4.57 Å². The minimum Gasteiger partial charge on any atom is -0.318 e. The van der Waals surface area contributed by atoms with Crippen molar-refractivity contribution in [2.24, 2.45) is 7.05 Å². The zero-order valence-corrected chi connectivity index (χ0v) is 8.58. The molecule has 0 aliphatic rings. The molecule has 0 aromatic carbocycles. The van der Waals surface area contributed by atoms with Crippen molar-refractivity contribution >= 4 is 0 Å². The smallest absolute Gasteiger partial charge is 0.253 e. The van der Waals surface area contributed by atoms with Crippen LogP contribution in [0.15, 0.2) is 23.1 Å². The molecule has 0 unspecified atom stereocenters. The lowest BCUT2D eigenvalue weighted by atomic mass is 9.95. The number of hydrogen-bond acceptors (Lipinski definition) is 1. The number of pyridine rings is 1. The molecule has 2 heteroatoms. The molecule has 0 saturated carbocycles. The van der Waals surface area contributed by atoms with Crippen LogP contribution in [0.1, 0.15) is 38.2 Å². The molecule has 1 heterocycles. The normalized spacial score (nSPS) is 10.8. The van der Waals surface area contributed by atoms with E-state index in [9.17, 15) is 4.79 Å². The molecule has 0 aliphatic heterocycles. The first kappa shape index (κ1) is 10.0. The summed E-state index contributed by atoms with van der Waals surface area (Å²) in [5, 5.41) is 0. The summed E-state index contributed by atoms with van der Waals surface area (Å²) in [6.07, 6.45) is 3.87. The predicted molar refractivity (Wildman–Crippen MR) is 55.0 cm³/mol. The number of rotatable bonds is 3. The number of aryl methyl sites for hydroxylation is 1. The summed E-state index contributed by atoms with van der Waals surface area (Å²) in [4.78, 5) is 11.7. The molecule has 0 aliphatic carbocycles. The van der Waals surface area contributed by atoms with Gasteiger partial charge in [0.05, 0.1) is 0 Å². The van der Waals surface area contributed by atoms with Crippen LogP contribution in [0.2, 0.25) is 0 Å². The highest BCUT2D eigenvalue weighted by Gasteiger charge is 2.10. The quantitative estimate of drug-likeness (QED) is 0.697. The maximum absolute atomic E-state index is 11.7. The zero-order valence-electron chi connectivity index (χ0n) is 8.58. The fourth-order valence-electron chi connectivity index (χ4n) is 1.66. The number of hydrogen-bond donors (Lipinski definition) is 0. The second kappa shape index (κ2) is 4.26. The van der Waals surface area contributed by atoms with Crippen molar-refractivity contribution in [3.63, 3.8) is 0 Å². The van der Waals surface area contributed by atoms with E-state index in [1.54, 1.807) is 17.8 Å². The Morgan fingerprint density at radius 2 is 2.00 bits per heavy atom. The Labute approximate surface area is 79.2 Å². The van der Waals surface area contributed by atoms with Gasteiger partial charge >= 0.3 is 0 Å². The van der Waals surface area contributed by atoms with Crippen LogP contribution >= 0.6 is 0 Å². The van der Waals surface area contributed by atoms with Gasteiger partial charge in [0.1, 0.15) is 0 Å². The standard InChI is InChI=1S/C11H17NO/c1-4-9(5-2)10-7-6-8-12(3)11(10)13/h6-9H,4-5H2,1-3H3. The van der Waals surface area contributed by atoms with Gasteiger partial charge < -0.3 is 4.57 Å². The molecule has 0 amide bonds. The van der Waals surface area contributed by atoms with Gasteiger partial charge in [0.2, 0.25) is 0 Å². The zero-order chi connectivity index (χ0) is 9.84. The van der Waals surface area contributed by atoms with Gasteiger partial charge in [-0.15, -0.1) is 0 Å². The molecule has 0 atom stereocenters. The van der Waals surface area contributed by atoms with Crippen molar-refractivity contribution in [3.8, 4) is 0 Å². The second-order valence-corrected chi connectivity index (χ2v) is 3.39.